The van der Waals surface area contributed by atoms with Crippen molar-refractivity contribution in [1.29, 1.82) is 0 Å². The average Bonchev–Trinajstić information content (AvgIpc) is 3.38. The van der Waals surface area contributed by atoms with Crippen molar-refractivity contribution >= 4 is 29.6 Å². The SMILES string of the molecule is CC(C)(C)OC(=O)N1CCC[C@H]1C(=O)Nc1cc(-c2ccc(C(=O)O)cc2)ccc1-c1ccc(C(=O)O)cc1. The molecule has 2 amide bonds. The number of aromatic carboxylic acids is 2. The van der Waals surface area contributed by atoms with Crippen molar-refractivity contribution in [2.24, 2.45) is 0 Å². The van der Waals surface area contributed by atoms with E-state index in [0.29, 0.717) is 36.2 Å². The molecule has 1 atom stereocenters. The number of nitrogens with zero attached hydrogens (tertiary/aromatic N) is 1. The van der Waals surface area contributed by atoms with Crippen LogP contribution in [0.4, 0.5) is 10.5 Å². The van der Waals surface area contributed by atoms with Crippen molar-refractivity contribution in [3.05, 3.63) is 77.9 Å². The molecule has 0 spiro atoms. The predicted octanol–water partition coefficient (Wildman–Crippen LogP) is 5.76. The second-order valence-electron chi connectivity index (χ2n) is 10.3. The summed E-state index contributed by atoms with van der Waals surface area (Å²) < 4.78 is 5.50. The van der Waals surface area contributed by atoms with Gasteiger partial charge in [0.25, 0.3) is 0 Å². The molecule has 3 N–H and O–H groups in total. The molecule has 9 heteroatoms. The number of anilines is 1. The zero-order valence-corrected chi connectivity index (χ0v) is 21.9. The van der Waals surface area contributed by atoms with Gasteiger partial charge in [-0.2, -0.15) is 0 Å². The largest absolute Gasteiger partial charge is 0.478 e. The summed E-state index contributed by atoms with van der Waals surface area (Å²) in [5.41, 5.74) is 2.92. The van der Waals surface area contributed by atoms with Crippen molar-refractivity contribution in [2.45, 2.75) is 45.3 Å². The van der Waals surface area contributed by atoms with Crippen molar-refractivity contribution in [1.82, 2.24) is 4.90 Å². The molecule has 3 aromatic carbocycles. The van der Waals surface area contributed by atoms with Crippen LogP contribution in [0.25, 0.3) is 22.3 Å². The zero-order chi connectivity index (χ0) is 28.3. The highest BCUT2D eigenvalue weighted by Gasteiger charge is 2.36. The van der Waals surface area contributed by atoms with Gasteiger partial charge in [0.15, 0.2) is 0 Å². The first-order valence-electron chi connectivity index (χ1n) is 12.5. The lowest BCUT2D eigenvalue weighted by atomic mass is 9.96. The van der Waals surface area contributed by atoms with Crippen LogP contribution in [-0.2, 0) is 9.53 Å². The van der Waals surface area contributed by atoms with Gasteiger partial charge in [-0.25, -0.2) is 14.4 Å². The van der Waals surface area contributed by atoms with Crippen LogP contribution in [0.2, 0.25) is 0 Å². The van der Waals surface area contributed by atoms with Gasteiger partial charge in [0.2, 0.25) is 5.91 Å². The van der Waals surface area contributed by atoms with Gasteiger partial charge in [-0.15, -0.1) is 0 Å². The molecule has 1 heterocycles. The molecule has 3 aromatic rings. The van der Waals surface area contributed by atoms with Crippen LogP contribution < -0.4 is 5.32 Å². The highest BCUT2D eigenvalue weighted by Crippen LogP contribution is 2.34. The van der Waals surface area contributed by atoms with Crippen LogP contribution in [0, 0.1) is 0 Å². The van der Waals surface area contributed by atoms with Gasteiger partial charge < -0.3 is 20.3 Å². The van der Waals surface area contributed by atoms with Crippen LogP contribution in [0.5, 0.6) is 0 Å². The molecule has 0 aromatic heterocycles. The summed E-state index contributed by atoms with van der Waals surface area (Å²) in [4.78, 5) is 50.2. The maximum atomic E-state index is 13.5. The molecule has 1 aliphatic heterocycles. The van der Waals surface area contributed by atoms with E-state index in [2.05, 4.69) is 5.32 Å². The monoisotopic (exact) mass is 530 g/mol. The molecule has 0 bridgehead atoms. The summed E-state index contributed by atoms with van der Waals surface area (Å²) >= 11 is 0. The maximum Gasteiger partial charge on any atom is 0.410 e. The lowest BCUT2D eigenvalue weighted by Gasteiger charge is -2.28. The Balaban J connectivity index is 1.68. The van der Waals surface area contributed by atoms with Crippen molar-refractivity contribution in [2.75, 3.05) is 11.9 Å². The number of benzene rings is 3. The van der Waals surface area contributed by atoms with E-state index in [-0.39, 0.29) is 17.0 Å². The minimum Gasteiger partial charge on any atom is -0.478 e. The molecule has 4 rings (SSSR count). The zero-order valence-electron chi connectivity index (χ0n) is 21.9. The predicted molar refractivity (Wildman–Crippen MR) is 146 cm³/mol. The highest BCUT2D eigenvalue weighted by molar-refractivity contribution is 6.01. The average molecular weight is 531 g/mol. The Kier molecular flexibility index (Phi) is 7.71. The van der Waals surface area contributed by atoms with E-state index in [1.54, 1.807) is 51.1 Å². The number of amides is 2. The van der Waals surface area contributed by atoms with Gasteiger partial charge in [0.1, 0.15) is 11.6 Å². The van der Waals surface area contributed by atoms with E-state index in [1.807, 2.05) is 12.1 Å². The van der Waals surface area contributed by atoms with Gasteiger partial charge in [-0.1, -0.05) is 36.4 Å². The van der Waals surface area contributed by atoms with Crippen molar-refractivity contribution < 1.29 is 34.1 Å². The quantitative estimate of drug-likeness (QED) is 0.369. The van der Waals surface area contributed by atoms with E-state index in [1.165, 1.54) is 29.2 Å². The van der Waals surface area contributed by atoms with Crippen molar-refractivity contribution in [3.8, 4) is 22.3 Å². The Morgan fingerprint density at radius 1 is 0.821 bits per heavy atom. The van der Waals surface area contributed by atoms with E-state index < -0.39 is 29.7 Å². The number of likely N-dealkylation sites (tertiary alicyclic amines) is 1. The molecule has 0 radical (unpaired) electrons. The molecule has 1 aliphatic rings. The smallest absolute Gasteiger partial charge is 0.410 e. The number of rotatable bonds is 6. The van der Waals surface area contributed by atoms with Crippen LogP contribution in [0.1, 0.15) is 54.3 Å². The molecule has 1 saturated heterocycles. The topological polar surface area (TPSA) is 133 Å². The second kappa shape index (κ2) is 11.0. The van der Waals surface area contributed by atoms with E-state index >= 15 is 0 Å². The summed E-state index contributed by atoms with van der Waals surface area (Å²) in [6.45, 7) is 5.72. The minimum absolute atomic E-state index is 0.137. The Morgan fingerprint density at radius 2 is 1.36 bits per heavy atom. The normalized spacial score (nSPS) is 15.1. The fourth-order valence-electron chi connectivity index (χ4n) is 4.47. The summed E-state index contributed by atoms with van der Waals surface area (Å²) in [7, 11) is 0. The Morgan fingerprint density at radius 3 is 1.90 bits per heavy atom. The maximum absolute atomic E-state index is 13.5. The van der Waals surface area contributed by atoms with E-state index in [0.717, 1.165) is 11.1 Å². The number of nitrogens with one attached hydrogen (secondary N) is 1. The lowest BCUT2D eigenvalue weighted by molar-refractivity contribution is -0.120. The summed E-state index contributed by atoms with van der Waals surface area (Å²) in [5.74, 6) is -2.43. The van der Waals surface area contributed by atoms with Gasteiger partial charge in [-0.05, 0) is 80.6 Å². The number of ether oxygens (including phenoxy) is 1. The fraction of sp³-hybridized carbons (Fsp3) is 0.267. The van der Waals surface area contributed by atoms with Crippen LogP contribution in [-0.4, -0.2) is 57.2 Å². The van der Waals surface area contributed by atoms with Crippen molar-refractivity contribution in [3.63, 3.8) is 0 Å². The van der Waals surface area contributed by atoms with Gasteiger partial charge >= 0.3 is 18.0 Å². The number of carboxylic acids is 2. The standard InChI is InChI=1S/C30H30N2O7/c1-30(2,3)39-29(38)32-16-4-5-25(32)26(33)31-24-17-22(18-6-10-20(11-7-18)27(34)35)14-15-23(24)19-8-12-21(13-9-19)28(36)37/h6-15,17,25H,4-5,16H2,1-3H3,(H,31,33)(H,34,35)(H,36,37)/t25-/m0/s1. The van der Waals surface area contributed by atoms with Crippen LogP contribution in [0.3, 0.4) is 0 Å². The highest BCUT2D eigenvalue weighted by atomic mass is 16.6. The molecule has 0 saturated carbocycles. The molecule has 0 unspecified atom stereocenters. The van der Waals surface area contributed by atoms with Crippen LogP contribution >= 0.6 is 0 Å². The second-order valence-corrected chi connectivity index (χ2v) is 10.3. The van der Waals surface area contributed by atoms with Gasteiger partial charge in [-0.3, -0.25) is 9.69 Å². The lowest BCUT2D eigenvalue weighted by Crippen LogP contribution is -2.45. The molecular weight excluding hydrogens is 500 g/mol. The number of hydrogen-bond acceptors (Lipinski definition) is 5. The summed E-state index contributed by atoms with van der Waals surface area (Å²) in [6, 6.07) is 17.4. The molecular formula is C30H30N2O7. The Bertz CT molecular complexity index is 1410. The number of hydrogen-bond donors (Lipinski definition) is 3. The summed E-state index contributed by atoms with van der Waals surface area (Å²) in [6.07, 6.45) is 0.609. The summed E-state index contributed by atoms with van der Waals surface area (Å²) in [5, 5.41) is 21.4. The third kappa shape index (κ3) is 6.43. The first kappa shape index (κ1) is 27.4. The molecule has 202 valence electrons. The third-order valence-corrected chi connectivity index (χ3v) is 6.37. The molecule has 39 heavy (non-hydrogen) atoms. The fourth-order valence-corrected chi connectivity index (χ4v) is 4.47. The first-order chi connectivity index (χ1) is 18.4. The number of carbonyl (C=O) groups is 4. The van der Waals surface area contributed by atoms with Gasteiger partial charge in [0.05, 0.1) is 11.1 Å². The van der Waals surface area contributed by atoms with Gasteiger partial charge in [0, 0.05) is 17.8 Å². The van der Waals surface area contributed by atoms with E-state index in [9.17, 15) is 29.4 Å². The third-order valence-electron chi connectivity index (χ3n) is 6.37. The van der Waals surface area contributed by atoms with Crippen LogP contribution in [0.15, 0.2) is 66.7 Å². The minimum atomic E-state index is -1.04. The molecule has 1 fully saturated rings. The number of carbonyl (C=O) groups excluding carboxylic acids is 2. The Labute approximate surface area is 226 Å². The Hall–Kier alpha value is -4.66. The number of carboxylic acid groups (broad SMARTS) is 2. The first-order valence-corrected chi connectivity index (χ1v) is 12.5. The molecule has 9 nitrogen and oxygen atoms in total. The van der Waals surface area contributed by atoms with E-state index in [4.69, 9.17) is 4.74 Å². The molecule has 0 aliphatic carbocycles.